The van der Waals surface area contributed by atoms with Gasteiger partial charge in [0.2, 0.25) is 16.7 Å². The first kappa shape index (κ1) is 21.6. The SMILES string of the molecule is O=C(CN1C(=O)[C@]2(SCC(=O)N2c2cccc(Cl)c2)c2ccccc21)NCc1ccccc1. The van der Waals surface area contributed by atoms with Gasteiger partial charge in [0.25, 0.3) is 5.91 Å². The number of thioether (sulfide) groups is 1. The normalized spacial score (nSPS) is 19.3. The lowest BCUT2D eigenvalue weighted by Gasteiger charge is -2.33. The van der Waals surface area contributed by atoms with Gasteiger partial charge < -0.3 is 5.32 Å². The van der Waals surface area contributed by atoms with E-state index in [0.717, 1.165) is 5.56 Å². The van der Waals surface area contributed by atoms with Crippen LogP contribution in [-0.2, 0) is 25.8 Å². The second-order valence-electron chi connectivity index (χ2n) is 7.81. The molecule has 1 atom stereocenters. The van der Waals surface area contributed by atoms with Crippen molar-refractivity contribution < 1.29 is 14.4 Å². The highest BCUT2D eigenvalue weighted by molar-refractivity contribution is 8.02. The lowest BCUT2D eigenvalue weighted by atomic mass is 10.0. The van der Waals surface area contributed by atoms with Crippen LogP contribution in [0, 0.1) is 0 Å². The van der Waals surface area contributed by atoms with Crippen molar-refractivity contribution in [3.63, 3.8) is 0 Å². The van der Waals surface area contributed by atoms with Gasteiger partial charge in [0.05, 0.1) is 11.4 Å². The van der Waals surface area contributed by atoms with Crippen LogP contribution in [0.15, 0.2) is 78.9 Å². The Hall–Kier alpha value is -3.29. The molecule has 0 radical (unpaired) electrons. The molecule has 0 aromatic heterocycles. The van der Waals surface area contributed by atoms with Crippen molar-refractivity contribution in [1.82, 2.24) is 5.32 Å². The van der Waals surface area contributed by atoms with Gasteiger partial charge in [-0.1, -0.05) is 66.2 Å². The Bertz CT molecular complexity index is 1250. The van der Waals surface area contributed by atoms with Gasteiger partial charge >= 0.3 is 0 Å². The summed E-state index contributed by atoms with van der Waals surface area (Å²) in [6, 6.07) is 23.8. The van der Waals surface area contributed by atoms with Gasteiger partial charge in [-0.3, -0.25) is 24.2 Å². The number of hydrogen-bond acceptors (Lipinski definition) is 4. The van der Waals surface area contributed by atoms with Gasteiger partial charge in [0.15, 0.2) is 0 Å². The highest BCUT2D eigenvalue weighted by atomic mass is 35.5. The van der Waals surface area contributed by atoms with Crippen LogP contribution in [-0.4, -0.2) is 30.0 Å². The van der Waals surface area contributed by atoms with Crippen molar-refractivity contribution in [2.24, 2.45) is 0 Å². The molecule has 8 heteroatoms. The van der Waals surface area contributed by atoms with E-state index in [1.165, 1.54) is 21.6 Å². The molecule has 33 heavy (non-hydrogen) atoms. The minimum Gasteiger partial charge on any atom is -0.350 e. The molecule has 3 aromatic rings. The first-order valence-electron chi connectivity index (χ1n) is 10.5. The van der Waals surface area contributed by atoms with Gasteiger partial charge in [-0.05, 0) is 29.8 Å². The molecule has 1 fully saturated rings. The molecule has 5 rings (SSSR count). The molecular weight excluding hydrogens is 458 g/mol. The van der Waals surface area contributed by atoms with Crippen LogP contribution >= 0.6 is 23.4 Å². The van der Waals surface area contributed by atoms with E-state index < -0.39 is 4.87 Å². The second kappa shape index (κ2) is 8.57. The van der Waals surface area contributed by atoms with Crippen molar-refractivity contribution >= 4 is 52.5 Å². The quantitative estimate of drug-likeness (QED) is 0.604. The summed E-state index contributed by atoms with van der Waals surface area (Å²) in [4.78, 5) is 41.4. The Morgan fingerprint density at radius 1 is 1.00 bits per heavy atom. The average Bonchev–Trinajstić information content (AvgIpc) is 3.29. The Labute approximate surface area is 200 Å². The molecule has 166 valence electrons. The first-order valence-corrected chi connectivity index (χ1v) is 11.8. The fourth-order valence-corrected chi connectivity index (χ4v) is 5.87. The van der Waals surface area contributed by atoms with Gasteiger partial charge in [-0.2, -0.15) is 0 Å². The predicted molar refractivity (Wildman–Crippen MR) is 130 cm³/mol. The molecule has 3 amide bonds. The van der Waals surface area contributed by atoms with E-state index in [9.17, 15) is 14.4 Å². The summed E-state index contributed by atoms with van der Waals surface area (Å²) in [5.41, 5.74) is 2.85. The maximum absolute atomic E-state index is 13.9. The van der Waals surface area contributed by atoms with Crippen LogP contribution in [0.5, 0.6) is 0 Å². The minimum absolute atomic E-state index is 0.136. The Kier molecular flexibility index (Phi) is 5.60. The standard InChI is InChI=1S/C25H20ClN3O3S/c26-18-9-6-10-19(13-18)29-23(31)16-33-25(29)20-11-4-5-12-21(20)28(24(25)32)15-22(30)27-14-17-7-2-1-3-8-17/h1-13H,14-16H2,(H,27,30)/t25-/m1/s1. The third kappa shape index (κ3) is 3.67. The molecule has 0 bridgehead atoms. The molecule has 2 aliphatic rings. The van der Waals surface area contributed by atoms with Gasteiger partial charge in [-0.15, -0.1) is 11.8 Å². The molecule has 6 nitrogen and oxygen atoms in total. The molecule has 3 aromatic carbocycles. The molecule has 2 aliphatic heterocycles. The zero-order valence-corrected chi connectivity index (χ0v) is 19.1. The van der Waals surface area contributed by atoms with E-state index in [2.05, 4.69) is 5.32 Å². The number of amides is 3. The van der Waals surface area contributed by atoms with Gasteiger partial charge in [0.1, 0.15) is 6.54 Å². The predicted octanol–water partition coefficient (Wildman–Crippen LogP) is 3.94. The number of carbonyl (C=O) groups excluding carboxylic acids is 3. The summed E-state index contributed by atoms with van der Waals surface area (Å²) in [6.45, 7) is 0.235. The van der Waals surface area contributed by atoms with Gasteiger partial charge in [0, 0.05) is 22.8 Å². The third-order valence-electron chi connectivity index (χ3n) is 5.76. The summed E-state index contributed by atoms with van der Waals surface area (Å²) in [5, 5.41) is 3.35. The van der Waals surface area contributed by atoms with Crippen molar-refractivity contribution in [1.29, 1.82) is 0 Å². The lowest BCUT2D eigenvalue weighted by Crippen LogP contribution is -2.51. The fourth-order valence-electron chi connectivity index (χ4n) is 4.32. The number of anilines is 2. The molecular formula is C25H20ClN3O3S. The van der Waals surface area contributed by atoms with Crippen molar-refractivity contribution in [2.45, 2.75) is 11.4 Å². The summed E-state index contributed by atoms with van der Waals surface area (Å²) < 4.78 is 0. The van der Waals surface area contributed by atoms with Crippen molar-refractivity contribution in [3.05, 3.63) is 95.0 Å². The van der Waals surface area contributed by atoms with E-state index in [0.29, 0.717) is 28.5 Å². The van der Waals surface area contributed by atoms with Gasteiger partial charge in [-0.25, -0.2) is 0 Å². The lowest BCUT2D eigenvalue weighted by molar-refractivity contribution is -0.125. The molecule has 2 heterocycles. The largest absolute Gasteiger partial charge is 0.350 e. The Morgan fingerprint density at radius 3 is 2.55 bits per heavy atom. The van der Waals surface area contributed by atoms with E-state index in [4.69, 9.17) is 11.6 Å². The zero-order chi connectivity index (χ0) is 23.0. The summed E-state index contributed by atoms with van der Waals surface area (Å²) >= 11 is 7.46. The smallest absolute Gasteiger partial charge is 0.269 e. The highest BCUT2D eigenvalue weighted by Crippen LogP contribution is 2.55. The fraction of sp³-hybridized carbons (Fsp3) is 0.160. The van der Waals surface area contributed by atoms with E-state index in [1.807, 2.05) is 54.6 Å². The Balaban J connectivity index is 1.47. The number of carbonyl (C=O) groups is 3. The maximum Gasteiger partial charge on any atom is 0.269 e. The average molecular weight is 478 g/mol. The number of para-hydroxylation sites is 1. The van der Waals surface area contributed by atoms with E-state index >= 15 is 0 Å². The van der Waals surface area contributed by atoms with Crippen molar-refractivity contribution in [3.8, 4) is 0 Å². The van der Waals surface area contributed by atoms with E-state index in [-0.39, 0.29) is 30.0 Å². The molecule has 0 saturated carbocycles. The third-order valence-corrected chi connectivity index (χ3v) is 7.39. The van der Waals surface area contributed by atoms with Crippen LogP contribution in [0.25, 0.3) is 0 Å². The maximum atomic E-state index is 13.9. The summed E-state index contributed by atoms with van der Waals surface area (Å²) in [5.74, 6) is -0.612. The number of halogens is 1. The first-order chi connectivity index (χ1) is 16.0. The molecule has 0 aliphatic carbocycles. The summed E-state index contributed by atoms with van der Waals surface area (Å²) in [6.07, 6.45) is 0. The van der Waals surface area contributed by atoms with Crippen LogP contribution in [0.4, 0.5) is 11.4 Å². The molecule has 1 spiro atoms. The number of benzene rings is 3. The second-order valence-corrected chi connectivity index (χ2v) is 9.42. The van der Waals surface area contributed by atoms with Crippen LogP contribution in [0.1, 0.15) is 11.1 Å². The molecule has 0 unspecified atom stereocenters. The topological polar surface area (TPSA) is 69.7 Å². The van der Waals surface area contributed by atoms with Crippen LogP contribution in [0.3, 0.4) is 0 Å². The highest BCUT2D eigenvalue weighted by Gasteiger charge is 2.61. The monoisotopic (exact) mass is 477 g/mol. The number of rotatable bonds is 5. The van der Waals surface area contributed by atoms with Crippen molar-refractivity contribution in [2.75, 3.05) is 22.1 Å². The van der Waals surface area contributed by atoms with E-state index in [1.54, 1.807) is 24.3 Å². The molecule has 1 N–H and O–H groups in total. The number of hydrogen-bond donors (Lipinski definition) is 1. The minimum atomic E-state index is -1.27. The van der Waals surface area contributed by atoms with Crippen LogP contribution in [0.2, 0.25) is 5.02 Å². The molecule has 1 saturated heterocycles. The number of fused-ring (bicyclic) bond motifs is 2. The zero-order valence-electron chi connectivity index (χ0n) is 17.5. The van der Waals surface area contributed by atoms with Crippen LogP contribution < -0.4 is 15.1 Å². The number of nitrogens with one attached hydrogen (secondary N) is 1. The number of nitrogens with zero attached hydrogens (tertiary/aromatic N) is 2. The Morgan fingerprint density at radius 2 is 1.76 bits per heavy atom. The summed E-state index contributed by atoms with van der Waals surface area (Å²) in [7, 11) is 0.